The molecular weight excluding hydrogens is 304 g/mol. The van der Waals surface area contributed by atoms with E-state index < -0.39 is 0 Å². The van der Waals surface area contributed by atoms with Crippen LogP contribution in [0.4, 0.5) is 5.69 Å². The van der Waals surface area contributed by atoms with Crippen LogP contribution in [-0.2, 0) is 4.79 Å². The van der Waals surface area contributed by atoms with Gasteiger partial charge in [0.05, 0.1) is 7.11 Å². The normalized spacial score (nSPS) is 26.7. The standard InChI is InChI=1S/C18H26N4O2/c1-22-7-3-4-11-8-12(9-16(11)22)21-18(23)17(20)14-10-13(24-2)5-6-15(14)19/h5-6,10-12,16,20H,3-4,7-9,19H2,1-2H3,(H,21,23). The van der Waals surface area contributed by atoms with E-state index in [-0.39, 0.29) is 17.7 Å². The van der Waals surface area contributed by atoms with Crippen molar-refractivity contribution in [2.45, 2.75) is 37.8 Å². The van der Waals surface area contributed by atoms with Gasteiger partial charge in [-0.05, 0) is 63.4 Å². The molecule has 6 heteroatoms. The van der Waals surface area contributed by atoms with Crippen molar-refractivity contribution >= 4 is 17.3 Å². The number of methoxy groups -OCH3 is 1. The van der Waals surface area contributed by atoms with Gasteiger partial charge in [-0.15, -0.1) is 0 Å². The minimum absolute atomic E-state index is 0.102. The quantitative estimate of drug-likeness (QED) is 0.578. The van der Waals surface area contributed by atoms with Crippen LogP contribution in [0.5, 0.6) is 5.75 Å². The Hall–Kier alpha value is -2.08. The summed E-state index contributed by atoms with van der Waals surface area (Å²) in [5.41, 5.74) is 6.65. The molecule has 1 heterocycles. The van der Waals surface area contributed by atoms with Crippen LogP contribution < -0.4 is 15.8 Å². The Morgan fingerprint density at radius 2 is 2.21 bits per heavy atom. The Balaban J connectivity index is 1.66. The number of amides is 1. The topological polar surface area (TPSA) is 91.4 Å². The summed E-state index contributed by atoms with van der Waals surface area (Å²) in [6.07, 6.45) is 4.44. The van der Waals surface area contributed by atoms with Crippen LogP contribution >= 0.6 is 0 Å². The molecule has 130 valence electrons. The molecule has 2 fully saturated rings. The number of nitrogens with one attached hydrogen (secondary N) is 2. The van der Waals surface area contributed by atoms with E-state index in [2.05, 4.69) is 17.3 Å². The molecule has 1 aliphatic heterocycles. The van der Waals surface area contributed by atoms with E-state index in [1.165, 1.54) is 12.8 Å². The molecule has 24 heavy (non-hydrogen) atoms. The van der Waals surface area contributed by atoms with E-state index in [4.69, 9.17) is 15.9 Å². The van der Waals surface area contributed by atoms with E-state index in [0.717, 1.165) is 19.4 Å². The number of nitrogens with two attached hydrogens (primary N) is 1. The molecule has 6 nitrogen and oxygen atoms in total. The number of hydrogen-bond acceptors (Lipinski definition) is 5. The first-order chi connectivity index (χ1) is 11.5. The van der Waals surface area contributed by atoms with E-state index in [1.807, 2.05) is 0 Å². The summed E-state index contributed by atoms with van der Waals surface area (Å²) in [7, 11) is 3.72. The van der Waals surface area contributed by atoms with Gasteiger partial charge in [0.2, 0.25) is 0 Å². The molecule has 0 bridgehead atoms. The van der Waals surface area contributed by atoms with Gasteiger partial charge < -0.3 is 20.7 Å². The number of carbonyl (C=O) groups excluding carboxylic acids is 1. The molecule has 1 aromatic rings. The second-order valence-electron chi connectivity index (χ2n) is 6.92. The zero-order valence-corrected chi connectivity index (χ0v) is 14.3. The van der Waals surface area contributed by atoms with Crippen molar-refractivity contribution in [2.24, 2.45) is 5.92 Å². The molecule has 3 atom stereocenters. The number of nitrogens with zero attached hydrogens (tertiary/aromatic N) is 1. The van der Waals surface area contributed by atoms with Gasteiger partial charge in [0.25, 0.3) is 5.91 Å². The SMILES string of the molecule is COc1ccc(N)c(C(=N)C(=O)NC2CC3CCCN(C)C3C2)c1. The Morgan fingerprint density at radius 3 is 2.92 bits per heavy atom. The highest BCUT2D eigenvalue weighted by Crippen LogP contribution is 2.36. The van der Waals surface area contributed by atoms with Crippen molar-refractivity contribution in [1.82, 2.24) is 10.2 Å². The van der Waals surface area contributed by atoms with Crippen molar-refractivity contribution < 1.29 is 9.53 Å². The lowest BCUT2D eigenvalue weighted by Gasteiger charge is -2.34. The molecule has 4 N–H and O–H groups in total. The predicted octanol–water partition coefficient (Wildman–Crippen LogP) is 1.63. The summed E-state index contributed by atoms with van der Waals surface area (Å²) in [4.78, 5) is 14.9. The van der Waals surface area contributed by atoms with Gasteiger partial charge in [0.1, 0.15) is 11.5 Å². The Bertz CT molecular complexity index is 646. The van der Waals surface area contributed by atoms with E-state index in [0.29, 0.717) is 29.0 Å². The molecule has 0 radical (unpaired) electrons. The summed E-state index contributed by atoms with van der Waals surface area (Å²) in [6, 6.07) is 5.72. The highest BCUT2D eigenvalue weighted by Gasteiger charge is 2.39. The van der Waals surface area contributed by atoms with Gasteiger partial charge in [-0.2, -0.15) is 0 Å². The molecule has 3 unspecified atom stereocenters. The lowest BCUT2D eigenvalue weighted by atomic mass is 9.92. The van der Waals surface area contributed by atoms with Crippen molar-refractivity contribution in [3.8, 4) is 5.75 Å². The Morgan fingerprint density at radius 1 is 1.42 bits per heavy atom. The number of piperidine rings is 1. The number of likely N-dealkylation sites (tertiary alicyclic amines) is 1. The number of ether oxygens (including phenoxy) is 1. The molecule has 3 rings (SSSR count). The summed E-state index contributed by atoms with van der Waals surface area (Å²) in [6.45, 7) is 1.14. The van der Waals surface area contributed by atoms with Crippen LogP contribution in [0.3, 0.4) is 0 Å². The largest absolute Gasteiger partial charge is 0.497 e. The number of carbonyl (C=O) groups is 1. The average Bonchev–Trinajstić information content (AvgIpc) is 2.98. The van der Waals surface area contributed by atoms with Crippen molar-refractivity contribution in [3.05, 3.63) is 23.8 Å². The second kappa shape index (κ2) is 6.81. The fraction of sp³-hybridized carbons (Fsp3) is 0.556. The summed E-state index contributed by atoms with van der Waals surface area (Å²) < 4.78 is 5.16. The maximum Gasteiger partial charge on any atom is 0.270 e. The third kappa shape index (κ3) is 3.24. The number of anilines is 1. The number of nitrogen functional groups attached to an aromatic ring is 1. The summed E-state index contributed by atoms with van der Waals surface area (Å²) in [5.74, 6) is 0.886. The molecular formula is C18H26N4O2. The van der Waals surface area contributed by atoms with Crippen molar-refractivity contribution in [1.29, 1.82) is 5.41 Å². The fourth-order valence-electron chi connectivity index (χ4n) is 4.10. The van der Waals surface area contributed by atoms with Gasteiger partial charge in [-0.25, -0.2) is 0 Å². The Kier molecular flexibility index (Phi) is 4.76. The number of benzene rings is 1. The van der Waals surface area contributed by atoms with Crippen molar-refractivity contribution in [2.75, 3.05) is 26.4 Å². The molecule has 1 saturated heterocycles. The average molecular weight is 330 g/mol. The first-order valence-electron chi connectivity index (χ1n) is 8.53. The van der Waals surface area contributed by atoms with Crippen LogP contribution in [0.1, 0.15) is 31.2 Å². The zero-order valence-electron chi connectivity index (χ0n) is 14.3. The van der Waals surface area contributed by atoms with Gasteiger partial charge in [0.15, 0.2) is 0 Å². The minimum Gasteiger partial charge on any atom is -0.497 e. The Labute approximate surface area is 142 Å². The van der Waals surface area contributed by atoms with Gasteiger partial charge in [-0.3, -0.25) is 10.2 Å². The molecule has 0 spiro atoms. The number of rotatable bonds is 4. The van der Waals surface area contributed by atoms with Gasteiger partial charge in [-0.1, -0.05) is 0 Å². The third-order valence-electron chi connectivity index (χ3n) is 5.40. The minimum atomic E-state index is -0.360. The van der Waals surface area contributed by atoms with E-state index >= 15 is 0 Å². The first-order valence-corrected chi connectivity index (χ1v) is 8.53. The summed E-state index contributed by atoms with van der Waals surface area (Å²) in [5, 5.41) is 11.2. The second-order valence-corrected chi connectivity index (χ2v) is 6.92. The fourth-order valence-corrected chi connectivity index (χ4v) is 4.10. The van der Waals surface area contributed by atoms with Crippen LogP contribution in [0, 0.1) is 11.3 Å². The highest BCUT2D eigenvalue weighted by atomic mass is 16.5. The monoisotopic (exact) mass is 330 g/mol. The lowest BCUT2D eigenvalue weighted by Crippen LogP contribution is -2.41. The molecule has 1 saturated carbocycles. The maximum atomic E-state index is 12.5. The maximum absolute atomic E-state index is 12.5. The van der Waals surface area contributed by atoms with Gasteiger partial charge >= 0.3 is 0 Å². The first kappa shape index (κ1) is 16.8. The molecule has 1 amide bonds. The highest BCUT2D eigenvalue weighted by molar-refractivity contribution is 6.45. The van der Waals surface area contributed by atoms with Crippen molar-refractivity contribution in [3.63, 3.8) is 0 Å². The lowest BCUT2D eigenvalue weighted by molar-refractivity contribution is -0.115. The number of hydrogen-bond donors (Lipinski definition) is 3. The van der Waals surface area contributed by atoms with E-state index in [1.54, 1.807) is 25.3 Å². The third-order valence-corrected chi connectivity index (χ3v) is 5.40. The summed E-state index contributed by atoms with van der Waals surface area (Å²) >= 11 is 0. The number of fused-ring (bicyclic) bond motifs is 1. The molecule has 0 aromatic heterocycles. The van der Waals surface area contributed by atoms with E-state index in [9.17, 15) is 4.79 Å². The van der Waals surface area contributed by atoms with Crippen LogP contribution in [0.2, 0.25) is 0 Å². The smallest absolute Gasteiger partial charge is 0.270 e. The van der Waals surface area contributed by atoms with Crippen LogP contribution in [-0.4, -0.2) is 49.3 Å². The predicted molar refractivity (Wildman–Crippen MR) is 94.5 cm³/mol. The zero-order chi connectivity index (χ0) is 17.3. The van der Waals surface area contributed by atoms with Crippen LogP contribution in [0.15, 0.2) is 18.2 Å². The van der Waals surface area contributed by atoms with Gasteiger partial charge in [0, 0.05) is 23.3 Å². The molecule has 1 aromatic carbocycles. The van der Waals surface area contributed by atoms with Crippen LogP contribution in [0.25, 0.3) is 0 Å². The molecule has 1 aliphatic carbocycles. The molecule has 2 aliphatic rings.